The minimum atomic E-state index is -0.420. The number of nitrogens with zero attached hydrogens (tertiary/aromatic N) is 1. The molecule has 4 nitrogen and oxygen atoms in total. The van der Waals surface area contributed by atoms with Gasteiger partial charge in [-0.2, -0.15) is 0 Å². The summed E-state index contributed by atoms with van der Waals surface area (Å²) < 4.78 is 5.65. The molecule has 0 radical (unpaired) electrons. The molecule has 1 saturated heterocycles. The summed E-state index contributed by atoms with van der Waals surface area (Å²) in [6, 6.07) is 0. The Morgan fingerprint density at radius 3 is 2.53 bits per heavy atom. The smallest absolute Gasteiger partial charge is 0.417 e. The summed E-state index contributed by atoms with van der Waals surface area (Å²) in [6.45, 7) is 2.59. The van der Waals surface area contributed by atoms with Crippen LogP contribution < -0.4 is 0 Å². The maximum absolute atomic E-state index is 12.0. The van der Waals surface area contributed by atoms with Gasteiger partial charge in [0, 0.05) is 13.0 Å². The molecule has 4 heteroatoms. The van der Waals surface area contributed by atoms with E-state index in [2.05, 4.69) is 6.92 Å². The molecule has 1 saturated carbocycles. The molecule has 0 N–H and O–H groups in total. The summed E-state index contributed by atoms with van der Waals surface area (Å²) in [4.78, 5) is 24.7. The Labute approximate surface area is 102 Å². The first kappa shape index (κ1) is 12.4. The Bertz CT molecular complexity index is 308. The number of likely N-dealkylation sites (tertiary alicyclic amines) is 1. The van der Waals surface area contributed by atoms with Crippen molar-refractivity contribution in [3.8, 4) is 0 Å². The molecule has 1 heterocycles. The van der Waals surface area contributed by atoms with Crippen molar-refractivity contribution in [1.82, 2.24) is 4.90 Å². The quantitative estimate of drug-likeness (QED) is 0.744. The maximum atomic E-state index is 12.0. The van der Waals surface area contributed by atoms with Gasteiger partial charge in [0.2, 0.25) is 5.91 Å². The van der Waals surface area contributed by atoms with Crippen LogP contribution in [0.1, 0.15) is 58.3 Å². The van der Waals surface area contributed by atoms with Gasteiger partial charge in [-0.05, 0) is 38.5 Å². The van der Waals surface area contributed by atoms with Crippen LogP contribution in [-0.2, 0) is 9.53 Å². The van der Waals surface area contributed by atoms with Crippen molar-refractivity contribution in [2.75, 3.05) is 6.54 Å². The zero-order valence-corrected chi connectivity index (χ0v) is 10.5. The average Bonchev–Trinajstić information content (AvgIpc) is 2.77. The molecular formula is C13H21NO3. The van der Waals surface area contributed by atoms with Crippen LogP contribution in [0, 0.1) is 0 Å². The second-order valence-corrected chi connectivity index (χ2v) is 5.11. The van der Waals surface area contributed by atoms with Gasteiger partial charge in [0.25, 0.3) is 0 Å². The molecule has 2 fully saturated rings. The van der Waals surface area contributed by atoms with Crippen LogP contribution >= 0.6 is 0 Å². The molecule has 1 aliphatic heterocycles. The molecule has 0 bridgehead atoms. The lowest BCUT2D eigenvalue weighted by atomic mass is 9.83. The highest BCUT2D eigenvalue weighted by molar-refractivity contribution is 5.93. The Morgan fingerprint density at radius 2 is 2.00 bits per heavy atom. The first-order valence-electron chi connectivity index (χ1n) is 6.70. The fraction of sp³-hybridized carbons (Fsp3) is 0.846. The second kappa shape index (κ2) is 5.07. The largest absolute Gasteiger partial charge is 0.443 e. The van der Waals surface area contributed by atoms with Crippen LogP contribution in [0.15, 0.2) is 0 Å². The number of ether oxygens (including phenoxy) is 1. The van der Waals surface area contributed by atoms with Crippen molar-refractivity contribution in [2.45, 2.75) is 63.9 Å². The summed E-state index contributed by atoms with van der Waals surface area (Å²) in [6.07, 6.45) is 7.03. The number of rotatable bonds is 2. The fourth-order valence-electron chi connectivity index (χ4n) is 2.81. The molecule has 2 rings (SSSR count). The van der Waals surface area contributed by atoms with Crippen molar-refractivity contribution >= 4 is 12.0 Å². The SMILES string of the molecule is CCC1(OC(=O)N2CCCC2=O)CCCCC1. The van der Waals surface area contributed by atoms with Crippen molar-refractivity contribution < 1.29 is 14.3 Å². The zero-order chi connectivity index (χ0) is 12.3. The first-order chi connectivity index (χ1) is 8.17. The van der Waals surface area contributed by atoms with Gasteiger partial charge in [-0.25, -0.2) is 9.69 Å². The Hall–Kier alpha value is -1.06. The van der Waals surface area contributed by atoms with E-state index in [9.17, 15) is 9.59 Å². The third kappa shape index (κ3) is 2.61. The molecule has 0 unspecified atom stereocenters. The molecule has 1 aliphatic carbocycles. The predicted molar refractivity (Wildman–Crippen MR) is 63.5 cm³/mol. The lowest BCUT2D eigenvalue weighted by molar-refractivity contribution is -0.127. The van der Waals surface area contributed by atoms with Gasteiger partial charge in [0.15, 0.2) is 0 Å². The molecule has 0 aromatic carbocycles. The summed E-state index contributed by atoms with van der Waals surface area (Å²) in [5.74, 6) is -0.0861. The number of amides is 2. The van der Waals surface area contributed by atoms with E-state index in [1.807, 2.05) is 0 Å². The predicted octanol–water partition coefficient (Wildman–Crippen LogP) is 2.86. The third-order valence-corrected chi connectivity index (χ3v) is 4.01. The molecule has 2 amide bonds. The molecule has 0 aromatic rings. The minimum Gasteiger partial charge on any atom is -0.443 e. The van der Waals surface area contributed by atoms with E-state index < -0.39 is 6.09 Å². The minimum absolute atomic E-state index is 0.0861. The summed E-state index contributed by atoms with van der Waals surface area (Å²) >= 11 is 0. The molecule has 0 atom stereocenters. The maximum Gasteiger partial charge on any atom is 0.417 e. The van der Waals surface area contributed by atoms with Crippen LogP contribution in [0.25, 0.3) is 0 Å². The monoisotopic (exact) mass is 239 g/mol. The normalized spacial score (nSPS) is 23.8. The number of hydrogen-bond donors (Lipinski definition) is 0. The van der Waals surface area contributed by atoms with E-state index in [-0.39, 0.29) is 11.5 Å². The number of imide groups is 1. The van der Waals surface area contributed by atoms with E-state index >= 15 is 0 Å². The summed E-state index contributed by atoms with van der Waals surface area (Å²) in [5, 5.41) is 0. The molecular weight excluding hydrogens is 218 g/mol. The fourth-order valence-corrected chi connectivity index (χ4v) is 2.81. The van der Waals surface area contributed by atoms with E-state index in [4.69, 9.17) is 4.74 Å². The standard InChI is InChI=1S/C13H21NO3/c1-2-13(8-4-3-5-9-13)17-12(16)14-10-6-7-11(14)15/h2-10H2,1H3. The van der Waals surface area contributed by atoms with E-state index in [1.165, 1.54) is 11.3 Å². The van der Waals surface area contributed by atoms with Crippen LogP contribution in [0.3, 0.4) is 0 Å². The lowest BCUT2D eigenvalue weighted by Crippen LogP contribution is -2.42. The molecule has 0 aromatic heterocycles. The van der Waals surface area contributed by atoms with Gasteiger partial charge in [-0.15, -0.1) is 0 Å². The highest BCUT2D eigenvalue weighted by Gasteiger charge is 2.37. The lowest BCUT2D eigenvalue weighted by Gasteiger charge is -2.36. The van der Waals surface area contributed by atoms with Gasteiger partial charge in [-0.1, -0.05) is 13.3 Å². The van der Waals surface area contributed by atoms with Gasteiger partial charge in [-0.3, -0.25) is 4.79 Å². The Morgan fingerprint density at radius 1 is 1.29 bits per heavy atom. The van der Waals surface area contributed by atoms with Gasteiger partial charge in [0.05, 0.1) is 0 Å². The highest BCUT2D eigenvalue weighted by Crippen LogP contribution is 2.35. The molecule has 96 valence electrons. The molecule has 2 aliphatic rings. The summed E-state index contributed by atoms with van der Waals surface area (Å²) in [5.41, 5.74) is -0.307. The van der Waals surface area contributed by atoms with E-state index in [1.54, 1.807) is 0 Å². The van der Waals surface area contributed by atoms with Gasteiger partial charge >= 0.3 is 6.09 Å². The van der Waals surface area contributed by atoms with Crippen molar-refractivity contribution in [3.63, 3.8) is 0 Å². The van der Waals surface area contributed by atoms with Crippen molar-refractivity contribution in [1.29, 1.82) is 0 Å². The van der Waals surface area contributed by atoms with Gasteiger partial charge < -0.3 is 4.74 Å². The second-order valence-electron chi connectivity index (χ2n) is 5.11. The topological polar surface area (TPSA) is 46.6 Å². The number of carbonyl (C=O) groups excluding carboxylic acids is 2. The first-order valence-corrected chi connectivity index (χ1v) is 6.70. The Balaban J connectivity index is 1.98. The zero-order valence-electron chi connectivity index (χ0n) is 10.5. The Kier molecular flexibility index (Phi) is 3.69. The van der Waals surface area contributed by atoms with Gasteiger partial charge in [0.1, 0.15) is 5.60 Å². The average molecular weight is 239 g/mol. The number of hydrogen-bond acceptors (Lipinski definition) is 3. The van der Waals surface area contributed by atoms with Crippen molar-refractivity contribution in [2.24, 2.45) is 0 Å². The molecule has 0 spiro atoms. The van der Waals surface area contributed by atoms with Crippen molar-refractivity contribution in [3.05, 3.63) is 0 Å². The summed E-state index contributed by atoms with van der Waals surface area (Å²) in [7, 11) is 0. The van der Waals surface area contributed by atoms with E-state index in [0.717, 1.165) is 38.5 Å². The molecule has 17 heavy (non-hydrogen) atoms. The van der Waals surface area contributed by atoms with Crippen LogP contribution in [0.5, 0.6) is 0 Å². The van der Waals surface area contributed by atoms with Crippen LogP contribution in [0.2, 0.25) is 0 Å². The highest BCUT2D eigenvalue weighted by atomic mass is 16.6. The van der Waals surface area contributed by atoms with E-state index in [0.29, 0.717) is 13.0 Å². The third-order valence-electron chi connectivity index (χ3n) is 4.01. The van der Waals surface area contributed by atoms with Crippen LogP contribution in [-0.4, -0.2) is 29.0 Å². The van der Waals surface area contributed by atoms with Crippen LogP contribution in [0.4, 0.5) is 4.79 Å². The number of carbonyl (C=O) groups is 2.